The van der Waals surface area contributed by atoms with E-state index in [0.29, 0.717) is 6.04 Å². The fourth-order valence-corrected chi connectivity index (χ4v) is 10.5. The van der Waals surface area contributed by atoms with Crippen molar-refractivity contribution >= 4 is 37.4 Å². The molecule has 0 amide bonds. The topological polar surface area (TPSA) is 3.24 Å². The third-order valence-corrected chi connectivity index (χ3v) is 11.5. The van der Waals surface area contributed by atoms with Crippen molar-refractivity contribution in [2.24, 2.45) is 0 Å². The molecule has 1 fully saturated rings. The van der Waals surface area contributed by atoms with E-state index in [-0.39, 0.29) is 0 Å². The summed E-state index contributed by atoms with van der Waals surface area (Å²) in [6.45, 7) is 0. The largest absolute Gasteiger partial charge is 0.242 e. The summed E-state index contributed by atoms with van der Waals surface area (Å²) in [5.41, 5.74) is 0. The number of rotatable bonds is 7. The van der Waals surface area contributed by atoms with Crippen LogP contribution in [0.4, 0.5) is 0 Å². The zero-order valence-corrected chi connectivity index (χ0v) is 19.4. The standard InChI is InChI=1S/C28H27NP2/c1-5-16-25(17-6-1)30(26-18-7-2-8-19-26)29(24-14-13-15-24)31(27-20-9-3-10-21-27)28-22-11-4-12-23-28/h1-12,16-24H,13-15H2. The molecule has 0 heterocycles. The lowest BCUT2D eigenvalue weighted by atomic mass is 9.94. The zero-order valence-electron chi connectivity index (χ0n) is 17.6. The van der Waals surface area contributed by atoms with Crippen LogP contribution in [-0.4, -0.2) is 10.5 Å². The lowest BCUT2D eigenvalue weighted by Crippen LogP contribution is -2.41. The molecule has 1 saturated carbocycles. The van der Waals surface area contributed by atoms with Gasteiger partial charge in [-0.05, 0) is 34.1 Å². The molecule has 154 valence electrons. The predicted octanol–water partition coefficient (Wildman–Crippen LogP) is 5.94. The van der Waals surface area contributed by atoms with Gasteiger partial charge in [-0.1, -0.05) is 128 Å². The molecule has 0 radical (unpaired) electrons. The van der Waals surface area contributed by atoms with Crippen molar-refractivity contribution in [2.75, 3.05) is 0 Å². The molecule has 5 rings (SSSR count). The van der Waals surface area contributed by atoms with Gasteiger partial charge in [0.15, 0.2) is 0 Å². The lowest BCUT2D eigenvalue weighted by Gasteiger charge is -2.47. The summed E-state index contributed by atoms with van der Waals surface area (Å²) in [4.78, 5) is 0. The Bertz CT molecular complexity index is 905. The van der Waals surface area contributed by atoms with Crippen LogP contribution in [0.3, 0.4) is 0 Å². The highest BCUT2D eigenvalue weighted by atomic mass is 31.2. The maximum atomic E-state index is 2.92. The van der Waals surface area contributed by atoms with Crippen molar-refractivity contribution < 1.29 is 0 Å². The van der Waals surface area contributed by atoms with E-state index < -0.39 is 16.1 Å². The van der Waals surface area contributed by atoms with E-state index in [1.54, 1.807) is 0 Å². The summed E-state index contributed by atoms with van der Waals surface area (Å²) < 4.78 is 2.92. The van der Waals surface area contributed by atoms with Gasteiger partial charge in [0, 0.05) is 22.2 Å². The maximum absolute atomic E-state index is 2.92. The predicted molar refractivity (Wildman–Crippen MR) is 138 cm³/mol. The smallest absolute Gasteiger partial charge is 0.0325 e. The minimum atomic E-state index is -0.633. The normalized spacial score (nSPS) is 14.2. The average molecular weight is 439 g/mol. The summed E-state index contributed by atoms with van der Waals surface area (Å²) in [5.74, 6) is 0. The van der Waals surface area contributed by atoms with Crippen LogP contribution in [0.1, 0.15) is 19.3 Å². The van der Waals surface area contributed by atoms with Gasteiger partial charge in [0.1, 0.15) is 0 Å². The van der Waals surface area contributed by atoms with Crippen molar-refractivity contribution in [1.82, 2.24) is 4.44 Å². The van der Waals surface area contributed by atoms with Crippen molar-refractivity contribution in [3.63, 3.8) is 0 Å². The highest BCUT2D eigenvalue weighted by Gasteiger charge is 2.38. The number of hydrogen-bond donors (Lipinski definition) is 0. The van der Waals surface area contributed by atoms with Gasteiger partial charge in [-0.2, -0.15) is 0 Å². The van der Waals surface area contributed by atoms with Gasteiger partial charge in [-0.15, -0.1) is 0 Å². The van der Waals surface area contributed by atoms with Crippen molar-refractivity contribution in [3.05, 3.63) is 121 Å². The summed E-state index contributed by atoms with van der Waals surface area (Å²) in [6, 6.07) is 45.3. The molecule has 0 spiro atoms. The van der Waals surface area contributed by atoms with Gasteiger partial charge in [0.25, 0.3) is 0 Å². The van der Waals surface area contributed by atoms with Crippen molar-refractivity contribution in [2.45, 2.75) is 25.3 Å². The molecule has 0 atom stereocenters. The highest BCUT2D eigenvalue weighted by molar-refractivity contribution is 7.84. The molecule has 31 heavy (non-hydrogen) atoms. The van der Waals surface area contributed by atoms with Gasteiger partial charge >= 0.3 is 0 Å². The molecule has 3 heteroatoms. The number of nitrogens with zero attached hydrogens (tertiary/aromatic N) is 1. The molecule has 0 bridgehead atoms. The van der Waals surface area contributed by atoms with E-state index in [4.69, 9.17) is 0 Å². The molecule has 0 unspecified atom stereocenters. The first kappa shape index (κ1) is 20.6. The fraction of sp³-hybridized carbons (Fsp3) is 0.143. The Kier molecular flexibility index (Phi) is 6.57. The highest BCUT2D eigenvalue weighted by Crippen LogP contribution is 2.58. The molecule has 1 aliphatic carbocycles. The Balaban J connectivity index is 1.71. The van der Waals surface area contributed by atoms with Crippen LogP contribution in [0.15, 0.2) is 121 Å². The quantitative estimate of drug-likeness (QED) is 0.322. The summed E-state index contributed by atoms with van der Waals surface area (Å²) in [7, 11) is -1.27. The van der Waals surface area contributed by atoms with Crippen LogP contribution >= 0.6 is 16.1 Å². The number of hydrogen-bond acceptors (Lipinski definition) is 1. The van der Waals surface area contributed by atoms with Gasteiger partial charge in [-0.25, -0.2) is 4.44 Å². The van der Waals surface area contributed by atoms with Gasteiger partial charge < -0.3 is 0 Å². The van der Waals surface area contributed by atoms with Crippen LogP contribution in [0.5, 0.6) is 0 Å². The van der Waals surface area contributed by atoms with Crippen molar-refractivity contribution in [1.29, 1.82) is 0 Å². The van der Waals surface area contributed by atoms with Crippen LogP contribution in [-0.2, 0) is 0 Å². The molecule has 0 N–H and O–H groups in total. The molecule has 0 aliphatic heterocycles. The van der Waals surface area contributed by atoms with E-state index in [1.165, 1.54) is 40.5 Å². The third-order valence-electron chi connectivity index (χ3n) is 5.81. The molecular formula is C28H27NP2. The Morgan fingerprint density at radius 1 is 0.452 bits per heavy atom. The first-order valence-electron chi connectivity index (χ1n) is 11.0. The van der Waals surface area contributed by atoms with Gasteiger partial charge in [0.2, 0.25) is 0 Å². The molecular weight excluding hydrogens is 412 g/mol. The lowest BCUT2D eigenvalue weighted by molar-refractivity contribution is 0.318. The fourth-order valence-electron chi connectivity index (χ4n) is 4.08. The molecule has 0 aromatic heterocycles. The second-order valence-electron chi connectivity index (χ2n) is 7.87. The number of benzene rings is 4. The minimum Gasteiger partial charge on any atom is -0.242 e. The Morgan fingerprint density at radius 2 is 0.742 bits per heavy atom. The minimum absolute atomic E-state index is 0.623. The van der Waals surface area contributed by atoms with E-state index >= 15 is 0 Å². The summed E-state index contributed by atoms with van der Waals surface area (Å²) in [5, 5.41) is 5.76. The molecule has 0 saturated heterocycles. The first-order valence-corrected chi connectivity index (χ1v) is 13.6. The van der Waals surface area contributed by atoms with Crippen LogP contribution in [0.2, 0.25) is 0 Å². The van der Waals surface area contributed by atoms with E-state index in [0.717, 1.165) is 0 Å². The Labute approximate surface area is 188 Å². The summed E-state index contributed by atoms with van der Waals surface area (Å²) >= 11 is 0. The van der Waals surface area contributed by atoms with Gasteiger partial charge in [0.05, 0.1) is 0 Å². The second kappa shape index (κ2) is 9.88. The maximum Gasteiger partial charge on any atom is 0.0325 e. The monoisotopic (exact) mass is 439 g/mol. The Morgan fingerprint density at radius 3 is 0.968 bits per heavy atom. The Hall–Kier alpha value is -2.30. The molecule has 1 aliphatic rings. The van der Waals surface area contributed by atoms with E-state index in [2.05, 4.69) is 126 Å². The second-order valence-corrected chi connectivity index (χ2v) is 12.4. The van der Waals surface area contributed by atoms with Crippen LogP contribution in [0.25, 0.3) is 0 Å². The molecule has 4 aromatic rings. The van der Waals surface area contributed by atoms with Crippen LogP contribution in [0, 0.1) is 0 Å². The van der Waals surface area contributed by atoms with Crippen molar-refractivity contribution in [3.8, 4) is 0 Å². The third kappa shape index (κ3) is 4.51. The molecule has 1 nitrogen and oxygen atoms in total. The van der Waals surface area contributed by atoms with Crippen LogP contribution < -0.4 is 21.2 Å². The average Bonchev–Trinajstić information content (AvgIpc) is 2.81. The van der Waals surface area contributed by atoms with Gasteiger partial charge in [-0.3, -0.25) is 0 Å². The summed E-state index contributed by atoms with van der Waals surface area (Å²) in [6.07, 6.45) is 3.91. The molecule has 4 aromatic carbocycles. The first-order chi connectivity index (χ1) is 15.4. The SMILES string of the molecule is c1ccc(P(c2ccccc2)N(C2CCC2)P(c2ccccc2)c2ccccc2)cc1. The van der Waals surface area contributed by atoms with E-state index in [9.17, 15) is 0 Å². The van der Waals surface area contributed by atoms with E-state index in [1.807, 2.05) is 0 Å². The zero-order chi connectivity index (χ0) is 20.9.